The third-order valence-electron chi connectivity index (χ3n) is 4.82. The van der Waals surface area contributed by atoms with E-state index < -0.39 is 23.5 Å². The lowest BCUT2D eigenvalue weighted by molar-refractivity contribution is -0.139. The number of hydrogen-bond acceptors (Lipinski definition) is 3. The van der Waals surface area contributed by atoms with Gasteiger partial charge in [0, 0.05) is 23.4 Å². The second-order valence-corrected chi connectivity index (χ2v) is 7.82. The molecule has 0 bridgehead atoms. The number of hydrogen-bond donors (Lipinski definition) is 2. The number of carboxylic acids is 1. The first-order valence-corrected chi connectivity index (χ1v) is 9.90. The van der Waals surface area contributed by atoms with Gasteiger partial charge in [-0.25, -0.2) is 9.18 Å². The monoisotopic (exact) mass is 436 g/mol. The molecule has 0 radical (unpaired) electrons. The maximum Gasteiger partial charge on any atom is 0.419 e. The molecule has 0 atom stereocenters. The number of alkyl halides is 3. The Morgan fingerprint density at radius 1 is 1.13 bits per heavy atom. The molecule has 3 aromatic rings. The van der Waals surface area contributed by atoms with Crippen LogP contribution in [-0.2, 0) is 6.18 Å². The summed E-state index contributed by atoms with van der Waals surface area (Å²) >= 11 is 1.02. The predicted molar refractivity (Wildman–Crippen MR) is 106 cm³/mol. The van der Waals surface area contributed by atoms with Gasteiger partial charge in [0.1, 0.15) is 5.82 Å². The number of aromatic nitrogens is 1. The highest BCUT2D eigenvalue weighted by Gasteiger charge is 2.35. The zero-order valence-corrected chi connectivity index (χ0v) is 16.2. The van der Waals surface area contributed by atoms with Gasteiger partial charge in [-0.05, 0) is 66.6 Å². The Bertz CT molecular complexity index is 1090. The first kappa shape index (κ1) is 20.3. The van der Waals surface area contributed by atoms with Crippen LogP contribution in [0.15, 0.2) is 59.8 Å². The number of nitrogens with zero attached hydrogens (tertiary/aromatic N) is 1. The Balaban J connectivity index is 1.72. The summed E-state index contributed by atoms with van der Waals surface area (Å²) in [5, 5.41) is 9.27. The van der Waals surface area contributed by atoms with Crippen LogP contribution in [0.3, 0.4) is 0 Å². The number of carboxylic acid groups (broad SMARTS) is 1. The molecule has 1 aliphatic carbocycles. The van der Waals surface area contributed by atoms with E-state index in [-0.39, 0.29) is 16.9 Å². The summed E-state index contributed by atoms with van der Waals surface area (Å²) in [5.74, 6) is -2.15. The molecule has 1 heterocycles. The van der Waals surface area contributed by atoms with Gasteiger partial charge in [-0.1, -0.05) is 6.07 Å². The van der Waals surface area contributed by atoms with Crippen molar-refractivity contribution in [3.05, 3.63) is 77.4 Å². The Morgan fingerprint density at radius 3 is 2.43 bits per heavy atom. The molecule has 2 N–H and O–H groups in total. The molecule has 156 valence electrons. The Hall–Kier alpha value is -2.94. The van der Waals surface area contributed by atoms with Crippen molar-refractivity contribution in [3.8, 4) is 5.69 Å². The van der Waals surface area contributed by atoms with Crippen LogP contribution >= 0.6 is 11.9 Å². The van der Waals surface area contributed by atoms with E-state index in [1.54, 1.807) is 30.6 Å². The second-order valence-electron chi connectivity index (χ2n) is 6.97. The molecule has 1 aromatic heterocycles. The van der Waals surface area contributed by atoms with E-state index in [1.165, 1.54) is 16.7 Å². The average Bonchev–Trinajstić information content (AvgIpc) is 3.39. The Labute approximate surface area is 173 Å². The number of rotatable bonds is 6. The van der Waals surface area contributed by atoms with Gasteiger partial charge in [0.05, 0.1) is 22.5 Å². The predicted octanol–water partition coefficient (Wildman–Crippen LogP) is 6.33. The number of anilines is 1. The number of aromatic carboxylic acids is 1. The smallest absolute Gasteiger partial charge is 0.419 e. The quantitative estimate of drug-likeness (QED) is 0.350. The molecular weight excluding hydrogens is 420 g/mol. The van der Waals surface area contributed by atoms with Gasteiger partial charge >= 0.3 is 12.1 Å². The molecule has 0 amide bonds. The zero-order chi connectivity index (χ0) is 21.5. The molecule has 0 saturated heterocycles. The van der Waals surface area contributed by atoms with E-state index in [0.29, 0.717) is 10.8 Å². The van der Waals surface area contributed by atoms with Crippen molar-refractivity contribution >= 4 is 23.6 Å². The SMILES string of the molecule is O=C(O)c1ccc(C2CC2)c(SNc2cc(C(F)(F)F)c(F)cc2-n2cccc2)c1. The van der Waals surface area contributed by atoms with Crippen molar-refractivity contribution in [1.82, 2.24) is 4.57 Å². The van der Waals surface area contributed by atoms with E-state index in [1.807, 2.05) is 0 Å². The molecule has 2 aromatic carbocycles. The minimum absolute atomic E-state index is 0.0624. The topological polar surface area (TPSA) is 54.3 Å². The van der Waals surface area contributed by atoms with Crippen LogP contribution in [0.1, 0.15) is 40.2 Å². The van der Waals surface area contributed by atoms with Crippen LogP contribution < -0.4 is 4.72 Å². The summed E-state index contributed by atoms with van der Waals surface area (Å²) in [6.07, 6.45) is 0.298. The summed E-state index contributed by atoms with van der Waals surface area (Å²) in [6, 6.07) is 9.67. The molecule has 0 aliphatic heterocycles. The first-order chi connectivity index (χ1) is 14.2. The fraction of sp³-hybridized carbons (Fsp3) is 0.190. The van der Waals surface area contributed by atoms with Gasteiger partial charge in [0.15, 0.2) is 0 Å². The van der Waals surface area contributed by atoms with Crippen molar-refractivity contribution < 1.29 is 27.5 Å². The number of halogens is 4. The highest BCUT2D eigenvalue weighted by Crippen LogP contribution is 2.45. The van der Waals surface area contributed by atoms with Crippen LogP contribution in [0.5, 0.6) is 0 Å². The van der Waals surface area contributed by atoms with Crippen LogP contribution in [-0.4, -0.2) is 15.6 Å². The van der Waals surface area contributed by atoms with Crippen LogP contribution in [0.2, 0.25) is 0 Å². The van der Waals surface area contributed by atoms with Gasteiger partial charge in [-0.2, -0.15) is 13.2 Å². The fourth-order valence-corrected chi connectivity index (χ4v) is 4.09. The molecule has 9 heteroatoms. The third kappa shape index (κ3) is 4.16. The summed E-state index contributed by atoms with van der Waals surface area (Å²) in [7, 11) is 0. The lowest BCUT2D eigenvalue weighted by atomic mass is 10.1. The summed E-state index contributed by atoms with van der Waals surface area (Å²) in [6.45, 7) is 0. The second kappa shape index (κ2) is 7.71. The maximum absolute atomic E-state index is 14.2. The molecule has 4 nitrogen and oxygen atoms in total. The van der Waals surface area contributed by atoms with Crippen molar-refractivity contribution in [3.63, 3.8) is 0 Å². The standard InChI is InChI=1S/C21H16F4N2O2S/c22-16-11-18(27-7-1-2-8-27)17(10-15(16)21(23,24)25)26-30-19-9-13(20(28)29)5-6-14(19)12-3-4-12/h1-2,5-12,26H,3-4H2,(H,28,29). The van der Waals surface area contributed by atoms with Gasteiger partial charge < -0.3 is 14.4 Å². The van der Waals surface area contributed by atoms with Crippen molar-refractivity contribution in [2.24, 2.45) is 0 Å². The third-order valence-corrected chi connectivity index (χ3v) is 5.72. The molecule has 0 unspecified atom stereocenters. The van der Waals surface area contributed by atoms with Gasteiger partial charge in [0.2, 0.25) is 0 Å². The molecule has 4 rings (SSSR count). The highest BCUT2D eigenvalue weighted by molar-refractivity contribution is 8.00. The van der Waals surface area contributed by atoms with Crippen LogP contribution in [0.4, 0.5) is 23.2 Å². The van der Waals surface area contributed by atoms with Gasteiger partial charge in [-0.15, -0.1) is 0 Å². The minimum Gasteiger partial charge on any atom is -0.478 e. The number of benzene rings is 2. The lowest BCUT2D eigenvalue weighted by Crippen LogP contribution is -2.10. The van der Waals surface area contributed by atoms with E-state index in [0.717, 1.165) is 42.5 Å². The van der Waals surface area contributed by atoms with Crippen LogP contribution in [0, 0.1) is 5.82 Å². The van der Waals surface area contributed by atoms with Gasteiger partial charge in [0.25, 0.3) is 0 Å². The largest absolute Gasteiger partial charge is 0.478 e. The summed E-state index contributed by atoms with van der Waals surface area (Å²) in [5.41, 5.74) is -0.0708. The van der Waals surface area contributed by atoms with E-state index in [2.05, 4.69) is 4.72 Å². The van der Waals surface area contributed by atoms with E-state index >= 15 is 0 Å². The van der Waals surface area contributed by atoms with Crippen molar-refractivity contribution in [2.45, 2.75) is 29.8 Å². The van der Waals surface area contributed by atoms with Crippen LogP contribution in [0.25, 0.3) is 5.69 Å². The lowest BCUT2D eigenvalue weighted by Gasteiger charge is -2.17. The molecule has 1 saturated carbocycles. The van der Waals surface area contributed by atoms with E-state index in [4.69, 9.17) is 0 Å². The normalized spacial score (nSPS) is 14.0. The molecule has 1 aliphatic rings. The molecule has 30 heavy (non-hydrogen) atoms. The zero-order valence-electron chi connectivity index (χ0n) is 15.4. The Kier molecular flexibility index (Phi) is 5.23. The van der Waals surface area contributed by atoms with Gasteiger partial charge in [-0.3, -0.25) is 0 Å². The molecule has 0 spiro atoms. The Morgan fingerprint density at radius 2 is 1.83 bits per heavy atom. The minimum atomic E-state index is -4.84. The van der Waals surface area contributed by atoms with Crippen molar-refractivity contribution in [2.75, 3.05) is 4.72 Å². The fourth-order valence-electron chi connectivity index (χ4n) is 3.17. The van der Waals surface area contributed by atoms with E-state index in [9.17, 15) is 27.5 Å². The molecule has 1 fully saturated rings. The maximum atomic E-state index is 14.2. The number of carbonyl (C=O) groups is 1. The summed E-state index contributed by atoms with van der Waals surface area (Å²) < 4.78 is 58.3. The summed E-state index contributed by atoms with van der Waals surface area (Å²) in [4.78, 5) is 11.9. The first-order valence-electron chi connectivity index (χ1n) is 9.08. The highest BCUT2D eigenvalue weighted by atomic mass is 32.2. The van der Waals surface area contributed by atoms with Crippen molar-refractivity contribution in [1.29, 1.82) is 0 Å². The molecular formula is C21H16F4N2O2S. The average molecular weight is 436 g/mol. The number of nitrogens with one attached hydrogen (secondary N) is 1.